The van der Waals surface area contributed by atoms with Crippen LogP contribution in [0.4, 0.5) is 0 Å². The predicted octanol–water partition coefficient (Wildman–Crippen LogP) is 7.01. The average Bonchev–Trinajstić information content (AvgIpc) is 2.81. The zero-order valence-corrected chi connectivity index (χ0v) is 21.5. The molecule has 34 heavy (non-hydrogen) atoms. The van der Waals surface area contributed by atoms with Crippen molar-refractivity contribution in [3.8, 4) is 11.5 Å². The van der Waals surface area contributed by atoms with Gasteiger partial charge in [0.2, 0.25) is 5.91 Å². The lowest BCUT2D eigenvalue weighted by atomic mass is 10.2. The molecule has 1 N–H and O–H groups in total. The fourth-order valence-electron chi connectivity index (χ4n) is 2.91. The van der Waals surface area contributed by atoms with Gasteiger partial charge in [0.1, 0.15) is 6.61 Å². The van der Waals surface area contributed by atoms with E-state index in [1.165, 1.54) is 11.8 Å². The summed E-state index contributed by atoms with van der Waals surface area (Å²) in [5.74, 6) is 1.73. The second-order valence-corrected chi connectivity index (χ2v) is 9.28. The lowest BCUT2D eigenvalue weighted by molar-refractivity contribution is -0.118. The monoisotopic (exact) mass is 536 g/mol. The molecule has 0 spiro atoms. The van der Waals surface area contributed by atoms with Gasteiger partial charge < -0.3 is 9.47 Å². The number of halogens is 3. The second kappa shape index (κ2) is 13.5. The van der Waals surface area contributed by atoms with Gasteiger partial charge in [-0.1, -0.05) is 53.0 Å². The van der Waals surface area contributed by atoms with Crippen LogP contribution in [0.2, 0.25) is 15.1 Å². The molecule has 3 rings (SSSR count). The lowest BCUT2D eigenvalue weighted by Gasteiger charge is -2.12. The van der Waals surface area contributed by atoms with E-state index in [4.69, 9.17) is 44.3 Å². The van der Waals surface area contributed by atoms with Crippen LogP contribution in [0.3, 0.4) is 0 Å². The molecule has 0 atom stereocenters. The molecular formula is C25H23Cl3N2O3S. The first kappa shape index (κ1) is 26.2. The van der Waals surface area contributed by atoms with Gasteiger partial charge in [-0.15, -0.1) is 11.8 Å². The zero-order chi connectivity index (χ0) is 24.3. The molecule has 0 heterocycles. The number of benzene rings is 3. The van der Waals surface area contributed by atoms with Crippen molar-refractivity contribution in [1.82, 2.24) is 5.43 Å². The molecule has 0 saturated heterocycles. The topological polar surface area (TPSA) is 59.9 Å². The molecular weight excluding hydrogens is 515 g/mol. The third-order valence-electron chi connectivity index (χ3n) is 4.50. The summed E-state index contributed by atoms with van der Waals surface area (Å²) in [5.41, 5.74) is 5.05. The highest BCUT2D eigenvalue weighted by molar-refractivity contribution is 7.99. The van der Waals surface area contributed by atoms with Crippen molar-refractivity contribution in [2.45, 2.75) is 19.3 Å². The zero-order valence-electron chi connectivity index (χ0n) is 18.4. The maximum absolute atomic E-state index is 12.1. The summed E-state index contributed by atoms with van der Waals surface area (Å²) in [6.07, 6.45) is 1.55. The van der Waals surface area contributed by atoms with Crippen LogP contribution in [0.25, 0.3) is 0 Å². The highest BCUT2D eigenvalue weighted by Gasteiger charge is 2.09. The van der Waals surface area contributed by atoms with E-state index in [2.05, 4.69) is 10.5 Å². The number of ether oxygens (including phenoxy) is 2. The fourth-order valence-corrected chi connectivity index (χ4v) is 4.68. The summed E-state index contributed by atoms with van der Waals surface area (Å²) >= 11 is 19.7. The van der Waals surface area contributed by atoms with E-state index in [9.17, 15) is 4.79 Å². The van der Waals surface area contributed by atoms with Crippen molar-refractivity contribution in [3.05, 3.63) is 92.4 Å². The summed E-state index contributed by atoms with van der Waals surface area (Å²) in [6.45, 7) is 2.74. The first-order valence-corrected chi connectivity index (χ1v) is 12.7. The van der Waals surface area contributed by atoms with Crippen molar-refractivity contribution in [2.75, 3.05) is 12.4 Å². The number of carbonyl (C=O) groups is 1. The molecule has 178 valence electrons. The Morgan fingerprint density at radius 2 is 1.76 bits per heavy atom. The van der Waals surface area contributed by atoms with Crippen molar-refractivity contribution in [3.63, 3.8) is 0 Å². The highest BCUT2D eigenvalue weighted by Crippen LogP contribution is 2.29. The van der Waals surface area contributed by atoms with E-state index in [0.717, 1.165) is 16.7 Å². The van der Waals surface area contributed by atoms with Crippen molar-refractivity contribution < 1.29 is 14.3 Å². The van der Waals surface area contributed by atoms with Gasteiger partial charge in [0.05, 0.1) is 18.6 Å². The van der Waals surface area contributed by atoms with Gasteiger partial charge in [0.15, 0.2) is 11.5 Å². The quantitative estimate of drug-likeness (QED) is 0.211. The normalized spacial score (nSPS) is 10.9. The summed E-state index contributed by atoms with van der Waals surface area (Å²) < 4.78 is 11.6. The molecule has 0 saturated carbocycles. The molecule has 3 aromatic rings. The molecule has 1 amide bonds. The first-order valence-electron chi connectivity index (χ1n) is 10.4. The smallest absolute Gasteiger partial charge is 0.250 e. The van der Waals surface area contributed by atoms with E-state index in [-0.39, 0.29) is 11.7 Å². The van der Waals surface area contributed by atoms with Crippen LogP contribution in [0.5, 0.6) is 11.5 Å². The number of nitrogens with one attached hydrogen (secondary N) is 1. The van der Waals surface area contributed by atoms with Crippen LogP contribution in [0, 0.1) is 0 Å². The maximum Gasteiger partial charge on any atom is 0.250 e. The van der Waals surface area contributed by atoms with Gasteiger partial charge in [0.25, 0.3) is 0 Å². The van der Waals surface area contributed by atoms with Gasteiger partial charge in [-0.25, -0.2) is 5.43 Å². The Kier molecular flexibility index (Phi) is 10.4. The third kappa shape index (κ3) is 8.13. The number of hydrogen-bond donors (Lipinski definition) is 1. The van der Waals surface area contributed by atoms with Gasteiger partial charge in [-0.3, -0.25) is 4.79 Å². The largest absolute Gasteiger partial charge is 0.490 e. The van der Waals surface area contributed by atoms with Gasteiger partial charge >= 0.3 is 0 Å². The van der Waals surface area contributed by atoms with Crippen LogP contribution in [0.15, 0.2) is 65.8 Å². The Labute approximate surface area is 218 Å². The van der Waals surface area contributed by atoms with E-state index in [1.54, 1.807) is 30.5 Å². The van der Waals surface area contributed by atoms with Crippen LogP contribution in [-0.4, -0.2) is 24.5 Å². The summed E-state index contributed by atoms with van der Waals surface area (Å²) in [7, 11) is 0. The minimum absolute atomic E-state index is 0.222. The number of rotatable bonds is 11. The molecule has 0 unspecified atom stereocenters. The van der Waals surface area contributed by atoms with Gasteiger partial charge in [0, 0.05) is 20.8 Å². The molecule has 0 aliphatic rings. The molecule has 0 aliphatic carbocycles. The number of nitrogens with zero attached hydrogens (tertiary/aromatic N) is 1. The number of amides is 1. The van der Waals surface area contributed by atoms with E-state index in [0.29, 0.717) is 45.5 Å². The number of thioether (sulfide) groups is 1. The molecule has 0 aromatic heterocycles. The Bertz CT molecular complexity index is 1140. The number of hydrogen-bond acceptors (Lipinski definition) is 5. The summed E-state index contributed by atoms with van der Waals surface area (Å²) in [4.78, 5) is 12.1. The minimum Gasteiger partial charge on any atom is -0.490 e. The second-order valence-electron chi connectivity index (χ2n) is 7.04. The van der Waals surface area contributed by atoms with E-state index >= 15 is 0 Å². The van der Waals surface area contributed by atoms with Crippen molar-refractivity contribution >= 4 is 58.7 Å². The van der Waals surface area contributed by atoms with Gasteiger partial charge in [-0.05, 0) is 66.1 Å². The minimum atomic E-state index is -0.226. The van der Waals surface area contributed by atoms with Gasteiger partial charge in [-0.2, -0.15) is 5.10 Å². The molecule has 0 aliphatic heterocycles. The standard InChI is InChI=1S/C25H23Cl3N2O3S/c1-2-32-24-12-17(9-10-23(24)33-14-18-5-3-6-19(26)11-18)13-29-30-25(31)16-34-15-20-21(27)7-4-8-22(20)28/h3-13H,2,14-16H2,1H3,(H,30,31)/b29-13-. The molecule has 0 bridgehead atoms. The Hall–Kier alpha value is -2.38. The molecule has 5 nitrogen and oxygen atoms in total. The molecule has 0 radical (unpaired) electrons. The summed E-state index contributed by atoms with van der Waals surface area (Å²) in [6, 6.07) is 18.3. The average molecular weight is 538 g/mol. The Morgan fingerprint density at radius 3 is 2.50 bits per heavy atom. The van der Waals surface area contributed by atoms with Crippen molar-refractivity contribution in [1.29, 1.82) is 0 Å². The number of hydrazone groups is 1. The maximum atomic E-state index is 12.1. The van der Waals surface area contributed by atoms with Crippen LogP contribution < -0.4 is 14.9 Å². The van der Waals surface area contributed by atoms with Crippen molar-refractivity contribution in [2.24, 2.45) is 5.10 Å². The SMILES string of the molecule is CCOc1cc(/C=N\NC(=O)CSCc2c(Cl)cccc2Cl)ccc1OCc1cccc(Cl)c1. The number of carbonyl (C=O) groups excluding carboxylic acids is 1. The van der Waals surface area contributed by atoms with Crippen LogP contribution >= 0.6 is 46.6 Å². The van der Waals surface area contributed by atoms with Crippen LogP contribution in [0.1, 0.15) is 23.6 Å². The van der Waals surface area contributed by atoms with E-state index in [1.807, 2.05) is 43.3 Å². The van der Waals surface area contributed by atoms with E-state index < -0.39 is 0 Å². The van der Waals surface area contributed by atoms with Crippen LogP contribution in [-0.2, 0) is 17.2 Å². The summed E-state index contributed by atoms with van der Waals surface area (Å²) in [5, 5.41) is 5.87. The first-order chi connectivity index (χ1) is 16.5. The Balaban J connectivity index is 1.52. The Morgan fingerprint density at radius 1 is 1.00 bits per heavy atom. The predicted molar refractivity (Wildman–Crippen MR) is 142 cm³/mol. The highest BCUT2D eigenvalue weighted by atomic mass is 35.5. The molecule has 9 heteroatoms. The lowest BCUT2D eigenvalue weighted by Crippen LogP contribution is -2.19. The molecule has 0 fully saturated rings. The fraction of sp³-hybridized carbons (Fsp3) is 0.200. The molecule has 3 aromatic carbocycles. The third-order valence-corrected chi connectivity index (χ3v) is 6.40.